The van der Waals surface area contributed by atoms with Gasteiger partial charge >= 0.3 is 0 Å². The summed E-state index contributed by atoms with van der Waals surface area (Å²) in [5.74, 6) is 0. The van der Waals surface area contributed by atoms with Gasteiger partial charge in [0.2, 0.25) is 0 Å². The number of rotatable bonds is 8. The topological polar surface area (TPSA) is 6.48 Å². The molecule has 0 fully saturated rings. The van der Waals surface area contributed by atoms with Crippen molar-refractivity contribution in [1.82, 2.24) is 0 Å². The van der Waals surface area contributed by atoms with Crippen molar-refractivity contribution in [3.63, 3.8) is 0 Å². The fourth-order valence-electron chi connectivity index (χ4n) is 10.4. The molecule has 1 spiro atoms. The van der Waals surface area contributed by atoms with E-state index < -0.39 is 5.41 Å². The van der Waals surface area contributed by atoms with Crippen LogP contribution in [0.2, 0.25) is 0 Å². The highest BCUT2D eigenvalue weighted by molar-refractivity contribution is 5.98. The quantitative estimate of drug-likeness (QED) is 0.151. The first-order valence-electron chi connectivity index (χ1n) is 21.8. The first kappa shape index (κ1) is 36.6. The molecule has 0 heterocycles. The van der Waals surface area contributed by atoms with Crippen LogP contribution in [0.15, 0.2) is 255 Å². The van der Waals surface area contributed by atoms with E-state index in [4.69, 9.17) is 0 Å². The molecule has 2 aliphatic carbocycles. The molecule has 0 aliphatic heterocycles. The van der Waals surface area contributed by atoms with Crippen molar-refractivity contribution in [2.75, 3.05) is 9.80 Å². The molecule has 63 heavy (non-hydrogen) atoms. The van der Waals surface area contributed by atoms with Crippen LogP contribution in [0, 0.1) is 0 Å². The Morgan fingerprint density at radius 2 is 0.508 bits per heavy atom. The Labute approximate surface area is 369 Å². The van der Waals surface area contributed by atoms with E-state index in [-0.39, 0.29) is 0 Å². The van der Waals surface area contributed by atoms with Gasteiger partial charge in [0.15, 0.2) is 0 Å². The molecule has 0 N–H and O–H groups in total. The van der Waals surface area contributed by atoms with E-state index in [1.54, 1.807) is 0 Å². The summed E-state index contributed by atoms with van der Waals surface area (Å²) < 4.78 is 0. The molecule has 0 amide bonds. The third-order valence-corrected chi connectivity index (χ3v) is 13.1. The second-order valence-corrected chi connectivity index (χ2v) is 16.4. The Bertz CT molecular complexity index is 3230. The summed E-state index contributed by atoms with van der Waals surface area (Å²) in [6.07, 6.45) is 0. The number of nitrogens with zero attached hydrogens (tertiary/aromatic N) is 2. The molecule has 296 valence electrons. The Kier molecular flexibility index (Phi) is 8.76. The molecule has 2 aliphatic rings. The molecule has 0 bridgehead atoms. The molecule has 0 saturated heterocycles. The third-order valence-electron chi connectivity index (χ3n) is 13.1. The maximum atomic E-state index is 2.43. The van der Waals surface area contributed by atoms with E-state index in [9.17, 15) is 0 Å². The van der Waals surface area contributed by atoms with Gasteiger partial charge in [-0.1, -0.05) is 182 Å². The summed E-state index contributed by atoms with van der Waals surface area (Å²) in [6.45, 7) is 0. The van der Waals surface area contributed by atoms with E-state index in [2.05, 4.69) is 265 Å². The molecular formula is C61H42N2. The highest BCUT2D eigenvalue weighted by atomic mass is 15.1. The lowest BCUT2D eigenvalue weighted by molar-refractivity contribution is 0.793. The second-order valence-electron chi connectivity index (χ2n) is 16.4. The molecule has 0 radical (unpaired) electrons. The number of para-hydroxylation sites is 3. The summed E-state index contributed by atoms with van der Waals surface area (Å²) in [5, 5.41) is 0. The minimum atomic E-state index is -0.468. The van der Waals surface area contributed by atoms with Crippen molar-refractivity contribution in [3.8, 4) is 44.5 Å². The first-order chi connectivity index (χ1) is 31.3. The Morgan fingerprint density at radius 3 is 0.937 bits per heavy atom. The maximum Gasteiger partial charge on any atom is 0.0725 e. The zero-order chi connectivity index (χ0) is 41.7. The second kappa shape index (κ2) is 15.1. The van der Waals surface area contributed by atoms with E-state index >= 15 is 0 Å². The largest absolute Gasteiger partial charge is 0.310 e. The average Bonchev–Trinajstić information content (AvgIpc) is 3.82. The molecule has 10 aromatic carbocycles. The first-order valence-corrected chi connectivity index (χ1v) is 21.8. The normalized spacial score (nSPS) is 14.1. The molecule has 0 aromatic heterocycles. The van der Waals surface area contributed by atoms with Gasteiger partial charge in [0, 0.05) is 34.1 Å². The minimum absolute atomic E-state index is 0.468. The van der Waals surface area contributed by atoms with Crippen LogP contribution < -0.4 is 9.80 Å². The van der Waals surface area contributed by atoms with Gasteiger partial charge in [-0.25, -0.2) is 0 Å². The molecule has 0 saturated carbocycles. The molecule has 2 heteroatoms. The molecule has 2 nitrogen and oxygen atoms in total. The fourth-order valence-corrected chi connectivity index (χ4v) is 10.4. The number of hydrogen-bond donors (Lipinski definition) is 0. The smallest absolute Gasteiger partial charge is 0.0725 e. The number of anilines is 6. The maximum absolute atomic E-state index is 2.43. The Morgan fingerprint density at radius 1 is 0.206 bits per heavy atom. The third kappa shape index (κ3) is 5.87. The standard InChI is InChI=1S/C61H42N2/c1-5-19-43(20-6-1)51-27-13-14-28-52(51)44-33-35-48(36-34-44)63(47-25-11-4-12-26-47)50-38-40-60-56(42-50)54-30-16-18-32-58(54)61(60)57-31-17-15-29-53(57)55-41-49(37-39-59(55)61)62(45-21-7-2-8-22-45)46-23-9-3-10-24-46/h1-42H. The van der Waals surface area contributed by atoms with Gasteiger partial charge < -0.3 is 9.80 Å². The Balaban J connectivity index is 1.00. The van der Waals surface area contributed by atoms with Gasteiger partial charge in [0.05, 0.1) is 5.41 Å². The molecule has 1 atom stereocenters. The summed E-state index contributed by atoms with van der Waals surface area (Å²) in [5.41, 5.74) is 21.5. The van der Waals surface area contributed by atoms with Crippen LogP contribution in [-0.2, 0) is 5.41 Å². The summed E-state index contributed by atoms with van der Waals surface area (Å²) in [6, 6.07) is 93.0. The summed E-state index contributed by atoms with van der Waals surface area (Å²) >= 11 is 0. The minimum Gasteiger partial charge on any atom is -0.310 e. The van der Waals surface area contributed by atoms with Crippen LogP contribution in [0.3, 0.4) is 0 Å². The SMILES string of the molecule is c1ccc(-c2ccccc2-c2ccc(N(c3ccccc3)c3ccc4c(c3)-c3ccccc3C43c4ccccc4-c4cc(N(c5ccccc5)c5ccccc5)ccc43)cc2)cc1. The van der Waals surface area contributed by atoms with Crippen molar-refractivity contribution in [2.45, 2.75) is 5.41 Å². The highest BCUT2D eigenvalue weighted by Crippen LogP contribution is 2.64. The zero-order valence-corrected chi connectivity index (χ0v) is 34.6. The van der Waals surface area contributed by atoms with E-state index in [0.29, 0.717) is 0 Å². The zero-order valence-electron chi connectivity index (χ0n) is 34.6. The van der Waals surface area contributed by atoms with Crippen molar-refractivity contribution in [2.24, 2.45) is 0 Å². The van der Waals surface area contributed by atoms with Gasteiger partial charge in [-0.15, -0.1) is 0 Å². The van der Waals surface area contributed by atoms with E-state index in [0.717, 1.165) is 34.1 Å². The number of benzene rings is 10. The lowest BCUT2D eigenvalue weighted by Crippen LogP contribution is -2.26. The van der Waals surface area contributed by atoms with Crippen molar-refractivity contribution >= 4 is 34.1 Å². The van der Waals surface area contributed by atoms with Crippen LogP contribution in [0.25, 0.3) is 44.5 Å². The van der Waals surface area contributed by atoms with Crippen LogP contribution in [0.4, 0.5) is 34.1 Å². The summed E-state index contributed by atoms with van der Waals surface area (Å²) in [4.78, 5) is 4.76. The number of fused-ring (bicyclic) bond motifs is 10. The molecular weight excluding hydrogens is 761 g/mol. The van der Waals surface area contributed by atoms with Crippen molar-refractivity contribution in [3.05, 3.63) is 277 Å². The van der Waals surface area contributed by atoms with Gasteiger partial charge in [0.25, 0.3) is 0 Å². The fraction of sp³-hybridized carbons (Fsp3) is 0.0164. The molecule has 1 unspecified atom stereocenters. The predicted molar refractivity (Wildman–Crippen MR) is 263 cm³/mol. The lowest BCUT2D eigenvalue weighted by Gasteiger charge is -2.32. The van der Waals surface area contributed by atoms with Crippen LogP contribution in [-0.4, -0.2) is 0 Å². The van der Waals surface area contributed by atoms with Gasteiger partial charge in [-0.3, -0.25) is 0 Å². The van der Waals surface area contributed by atoms with Gasteiger partial charge in [-0.05, 0) is 140 Å². The molecule has 10 aromatic rings. The monoisotopic (exact) mass is 802 g/mol. The predicted octanol–water partition coefficient (Wildman–Crippen LogP) is 16.3. The average molecular weight is 803 g/mol. The Hall–Kier alpha value is -8.20. The van der Waals surface area contributed by atoms with E-state index in [1.165, 1.54) is 66.8 Å². The van der Waals surface area contributed by atoms with Crippen molar-refractivity contribution < 1.29 is 0 Å². The van der Waals surface area contributed by atoms with Gasteiger partial charge in [0.1, 0.15) is 0 Å². The van der Waals surface area contributed by atoms with Crippen molar-refractivity contribution in [1.29, 1.82) is 0 Å². The summed E-state index contributed by atoms with van der Waals surface area (Å²) in [7, 11) is 0. The van der Waals surface area contributed by atoms with Crippen LogP contribution in [0.5, 0.6) is 0 Å². The molecule has 12 rings (SSSR count). The van der Waals surface area contributed by atoms with Crippen LogP contribution in [0.1, 0.15) is 22.3 Å². The number of hydrogen-bond acceptors (Lipinski definition) is 2. The van der Waals surface area contributed by atoms with E-state index in [1.807, 2.05) is 0 Å². The van der Waals surface area contributed by atoms with Crippen LogP contribution >= 0.6 is 0 Å². The lowest BCUT2D eigenvalue weighted by atomic mass is 9.70. The highest BCUT2D eigenvalue weighted by Gasteiger charge is 2.51. The van der Waals surface area contributed by atoms with Gasteiger partial charge in [-0.2, -0.15) is 0 Å².